The normalized spacial score (nSPS) is 29.0. The molecule has 2 saturated heterocycles. The SMILES string of the molecule is COC(=O)CCC1=C(C)C2=CC3=C(C)/C(=C(\C)O)C(=N3)C=C3N=C(C=C3C)C=C3NC(=CC1=N2)[C@@]1(CCC(=O)O1)[C@@]3(C)O. The summed E-state index contributed by atoms with van der Waals surface area (Å²) in [7, 11) is 1.35. The number of methoxy groups -OCH3 is 1. The molecule has 0 amide bonds. The first kappa shape index (κ1) is 28.5. The summed E-state index contributed by atoms with van der Waals surface area (Å²) in [5.74, 6) is -0.600. The molecule has 0 aromatic carbocycles. The lowest BCUT2D eigenvalue weighted by Gasteiger charge is -2.34. The number of carbonyl (C=O) groups excluding carboxylic acids is 2. The first-order valence-electron chi connectivity index (χ1n) is 14.3. The van der Waals surface area contributed by atoms with E-state index in [2.05, 4.69) is 5.32 Å². The van der Waals surface area contributed by atoms with Crippen molar-refractivity contribution in [1.29, 1.82) is 0 Å². The van der Waals surface area contributed by atoms with E-state index in [1.165, 1.54) is 7.11 Å². The Labute approximate surface area is 249 Å². The van der Waals surface area contributed by atoms with Gasteiger partial charge < -0.3 is 25.0 Å². The number of rotatable bonds is 3. The zero-order chi connectivity index (χ0) is 30.8. The molecule has 6 rings (SSSR count). The van der Waals surface area contributed by atoms with E-state index in [1.54, 1.807) is 26.0 Å². The number of ether oxygens (including phenoxy) is 2. The minimum atomic E-state index is -1.59. The van der Waals surface area contributed by atoms with Crippen LogP contribution in [0.4, 0.5) is 0 Å². The van der Waals surface area contributed by atoms with Crippen LogP contribution in [-0.4, -0.2) is 57.6 Å². The molecule has 222 valence electrons. The maximum atomic E-state index is 12.5. The van der Waals surface area contributed by atoms with Crippen LogP contribution in [0.3, 0.4) is 0 Å². The molecule has 10 nitrogen and oxygen atoms in total. The minimum absolute atomic E-state index is 0.144. The second-order valence-corrected chi connectivity index (χ2v) is 11.7. The molecule has 0 unspecified atom stereocenters. The predicted molar refractivity (Wildman–Crippen MR) is 162 cm³/mol. The van der Waals surface area contributed by atoms with E-state index < -0.39 is 17.2 Å². The van der Waals surface area contributed by atoms with Crippen molar-refractivity contribution >= 4 is 29.1 Å². The molecule has 0 saturated carbocycles. The second kappa shape index (κ2) is 10.0. The van der Waals surface area contributed by atoms with Crippen molar-refractivity contribution in [2.24, 2.45) is 15.0 Å². The summed E-state index contributed by atoms with van der Waals surface area (Å²) in [5, 5.41) is 25.9. The van der Waals surface area contributed by atoms with E-state index in [0.717, 1.165) is 22.3 Å². The summed E-state index contributed by atoms with van der Waals surface area (Å²) in [6.07, 6.45) is 10.1. The predicted octanol–water partition coefficient (Wildman–Crippen LogP) is 4.65. The average molecular weight is 583 g/mol. The first-order chi connectivity index (χ1) is 20.3. The van der Waals surface area contributed by atoms with E-state index in [9.17, 15) is 19.8 Å². The third-order valence-corrected chi connectivity index (χ3v) is 8.93. The van der Waals surface area contributed by atoms with Crippen molar-refractivity contribution < 1.29 is 29.3 Å². The Morgan fingerprint density at radius 2 is 1.79 bits per heavy atom. The number of hydrogen-bond acceptors (Lipinski definition) is 10. The molecule has 3 N–H and O–H groups in total. The van der Waals surface area contributed by atoms with Crippen LogP contribution in [0.5, 0.6) is 0 Å². The van der Waals surface area contributed by atoms with E-state index in [4.69, 9.17) is 24.5 Å². The molecule has 6 aliphatic rings. The van der Waals surface area contributed by atoms with Gasteiger partial charge in [0.05, 0.1) is 58.5 Å². The molecular formula is C33H34N4O6. The number of esters is 2. The van der Waals surface area contributed by atoms with Crippen LogP contribution in [0.2, 0.25) is 0 Å². The molecule has 2 atom stereocenters. The number of fused-ring (bicyclic) bond motifs is 6. The Bertz CT molecular complexity index is 1750. The maximum Gasteiger partial charge on any atom is 0.307 e. The highest BCUT2D eigenvalue weighted by Crippen LogP contribution is 2.50. The molecule has 6 heterocycles. The van der Waals surface area contributed by atoms with Gasteiger partial charge in [0.15, 0.2) is 5.60 Å². The lowest BCUT2D eigenvalue weighted by molar-refractivity contribution is -0.158. The van der Waals surface area contributed by atoms with Gasteiger partial charge in [-0.25, -0.2) is 15.0 Å². The lowest BCUT2D eigenvalue weighted by atomic mass is 9.80. The fraction of sp³-hybridized carbons (Fsp3) is 0.364. The third kappa shape index (κ3) is 4.48. The number of aliphatic imine (C=N–C) groups is 3. The first-order valence-corrected chi connectivity index (χ1v) is 14.3. The van der Waals surface area contributed by atoms with Gasteiger partial charge in [0.25, 0.3) is 0 Å². The van der Waals surface area contributed by atoms with Gasteiger partial charge in [-0.1, -0.05) is 0 Å². The van der Waals surface area contributed by atoms with Crippen molar-refractivity contribution in [3.05, 3.63) is 92.5 Å². The van der Waals surface area contributed by atoms with E-state index >= 15 is 0 Å². The number of nitrogens with zero attached hydrogens (tertiary/aromatic N) is 3. The van der Waals surface area contributed by atoms with E-state index in [0.29, 0.717) is 57.6 Å². The number of aliphatic hydroxyl groups excluding tert-OH is 1. The lowest BCUT2D eigenvalue weighted by Crippen LogP contribution is -2.49. The Balaban J connectivity index is 1.61. The summed E-state index contributed by atoms with van der Waals surface area (Å²) in [5.41, 5.74) is 5.73. The minimum Gasteiger partial charge on any atom is -0.512 e. The van der Waals surface area contributed by atoms with Gasteiger partial charge in [0, 0.05) is 24.8 Å². The highest BCUT2D eigenvalue weighted by molar-refractivity contribution is 6.17. The molecule has 6 aliphatic heterocycles. The summed E-state index contributed by atoms with van der Waals surface area (Å²) in [6, 6.07) is 0. The van der Waals surface area contributed by atoms with E-state index in [-0.39, 0.29) is 31.0 Å². The van der Waals surface area contributed by atoms with Gasteiger partial charge in [0.2, 0.25) is 0 Å². The highest BCUT2D eigenvalue weighted by Gasteiger charge is 2.63. The smallest absolute Gasteiger partial charge is 0.307 e. The largest absolute Gasteiger partial charge is 0.512 e. The molecule has 0 aliphatic carbocycles. The zero-order valence-electron chi connectivity index (χ0n) is 25.1. The Morgan fingerprint density at radius 1 is 1.02 bits per heavy atom. The summed E-state index contributed by atoms with van der Waals surface area (Å²) >= 11 is 0. The maximum absolute atomic E-state index is 12.5. The van der Waals surface area contributed by atoms with Crippen molar-refractivity contribution in [2.75, 3.05) is 7.11 Å². The quantitative estimate of drug-likeness (QED) is 0.325. The molecule has 43 heavy (non-hydrogen) atoms. The van der Waals surface area contributed by atoms with Gasteiger partial charge in [-0.2, -0.15) is 0 Å². The van der Waals surface area contributed by atoms with Gasteiger partial charge in [-0.05, 0) is 93.7 Å². The number of carbonyl (C=O) groups is 2. The van der Waals surface area contributed by atoms with Crippen LogP contribution in [0.15, 0.2) is 107 Å². The highest BCUT2D eigenvalue weighted by atomic mass is 16.6. The second-order valence-electron chi connectivity index (χ2n) is 11.7. The van der Waals surface area contributed by atoms with Gasteiger partial charge in [-0.3, -0.25) is 9.59 Å². The van der Waals surface area contributed by atoms with Crippen molar-refractivity contribution in [2.45, 2.75) is 71.5 Å². The fourth-order valence-corrected chi connectivity index (χ4v) is 6.43. The standard InChI is InChI=1S/C33H34N4O6/c1-16-11-20-12-27-32(5,41)33(10-9-30(40)43-33)28(37-27)15-25-21(7-8-29(39)42-6)17(2)23(35-25)14-24-18(3)31(19(4)38)26(36-24)13-22(16)34-20/h11-15,37-38,41H,7-10H2,1-6H3/b22-13?,23-14?,27-12?,28-15?,31-19-/t32-,33-/m0/s1. The van der Waals surface area contributed by atoms with Crippen molar-refractivity contribution in [3.63, 3.8) is 0 Å². The molecule has 0 aromatic rings. The Kier molecular flexibility index (Phi) is 6.65. The van der Waals surface area contributed by atoms with Crippen LogP contribution in [0, 0.1) is 0 Å². The fourth-order valence-electron chi connectivity index (χ4n) is 6.43. The number of allylic oxidation sites excluding steroid dienone is 11. The number of nitrogens with one attached hydrogen (secondary N) is 1. The zero-order valence-corrected chi connectivity index (χ0v) is 25.1. The van der Waals surface area contributed by atoms with Crippen LogP contribution < -0.4 is 5.32 Å². The molecule has 10 heteroatoms. The molecule has 0 radical (unpaired) electrons. The molecule has 2 fully saturated rings. The summed E-state index contributed by atoms with van der Waals surface area (Å²) < 4.78 is 10.8. The van der Waals surface area contributed by atoms with Gasteiger partial charge >= 0.3 is 11.9 Å². The van der Waals surface area contributed by atoms with Crippen LogP contribution >= 0.6 is 0 Å². The van der Waals surface area contributed by atoms with E-state index in [1.807, 2.05) is 39.0 Å². The third-order valence-electron chi connectivity index (χ3n) is 8.93. The van der Waals surface area contributed by atoms with Crippen LogP contribution in [0.1, 0.15) is 60.3 Å². The molecular weight excluding hydrogens is 548 g/mol. The average Bonchev–Trinajstić information content (AvgIpc) is 3.70. The summed E-state index contributed by atoms with van der Waals surface area (Å²) in [4.78, 5) is 39.3. The number of hydrogen-bond donors (Lipinski definition) is 3. The van der Waals surface area contributed by atoms with Crippen molar-refractivity contribution in [1.82, 2.24) is 5.32 Å². The monoisotopic (exact) mass is 582 g/mol. The topological polar surface area (TPSA) is 142 Å². The summed E-state index contributed by atoms with van der Waals surface area (Å²) in [6.45, 7) is 9.04. The van der Waals surface area contributed by atoms with Crippen LogP contribution in [0.25, 0.3) is 0 Å². The molecule has 1 spiro atoms. The van der Waals surface area contributed by atoms with Gasteiger partial charge in [0.1, 0.15) is 5.60 Å². The molecule has 8 bridgehead atoms. The Hall–Kier alpha value is -4.57. The number of aliphatic hydroxyl groups is 2. The Morgan fingerprint density at radius 3 is 2.47 bits per heavy atom. The van der Waals surface area contributed by atoms with Crippen molar-refractivity contribution in [3.8, 4) is 0 Å². The van der Waals surface area contributed by atoms with Gasteiger partial charge in [-0.15, -0.1) is 0 Å². The molecule has 0 aromatic heterocycles. The van der Waals surface area contributed by atoms with Crippen LogP contribution in [-0.2, 0) is 19.1 Å².